The molecule has 3 rings (SSSR count). The van der Waals surface area contributed by atoms with Gasteiger partial charge < -0.3 is 31.5 Å². The Morgan fingerprint density at radius 1 is 1.07 bits per heavy atom. The van der Waals surface area contributed by atoms with Crippen LogP contribution >= 0.6 is 15.9 Å². The van der Waals surface area contributed by atoms with Gasteiger partial charge in [0.1, 0.15) is 5.75 Å². The predicted molar refractivity (Wildman–Crippen MR) is 171 cm³/mol. The molecule has 10 heteroatoms. The molecule has 0 heterocycles. The molecule has 2 aromatic carbocycles. The van der Waals surface area contributed by atoms with Crippen molar-refractivity contribution in [2.24, 2.45) is 22.8 Å². The van der Waals surface area contributed by atoms with E-state index >= 15 is 0 Å². The van der Waals surface area contributed by atoms with Crippen molar-refractivity contribution < 1.29 is 24.2 Å². The summed E-state index contributed by atoms with van der Waals surface area (Å²) < 4.78 is 6.15. The van der Waals surface area contributed by atoms with Crippen molar-refractivity contribution in [3.63, 3.8) is 0 Å². The fourth-order valence-electron chi connectivity index (χ4n) is 5.71. The molecule has 232 valence electrons. The van der Waals surface area contributed by atoms with Crippen molar-refractivity contribution in [2.75, 3.05) is 26.7 Å². The summed E-state index contributed by atoms with van der Waals surface area (Å²) in [6, 6.07) is 15.1. The summed E-state index contributed by atoms with van der Waals surface area (Å²) in [7, 11) is 1.60. The first-order valence-electron chi connectivity index (χ1n) is 14.6. The second-order valence-electron chi connectivity index (χ2n) is 11.0. The number of halogens is 1. The van der Waals surface area contributed by atoms with Gasteiger partial charge in [0.2, 0.25) is 17.7 Å². The lowest BCUT2D eigenvalue weighted by atomic mass is 9.63. The molecule has 0 spiro atoms. The second kappa shape index (κ2) is 15.8. The monoisotopic (exact) mass is 654 g/mol. The van der Waals surface area contributed by atoms with Crippen molar-refractivity contribution >= 4 is 33.7 Å². The van der Waals surface area contributed by atoms with E-state index in [-0.39, 0.29) is 36.4 Å². The summed E-state index contributed by atoms with van der Waals surface area (Å²) in [5.41, 5.74) is 12.4. The first-order valence-corrected chi connectivity index (χ1v) is 15.4. The Morgan fingerprint density at radius 2 is 1.74 bits per heavy atom. The average molecular weight is 656 g/mol. The molecule has 3 amide bonds. The van der Waals surface area contributed by atoms with Crippen LogP contribution in [0.1, 0.15) is 44.2 Å². The molecule has 0 aliphatic heterocycles. The smallest absolute Gasteiger partial charge is 0.249 e. The molecule has 6 N–H and O–H groups in total. The fourth-order valence-corrected chi connectivity index (χ4v) is 6.16. The van der Waals surface area contributed by atoms with E-state index in [4.69, 9.17) is 16.2 Å². The number of methoxy groups -OCH3 is 1. The van der Waals surface area contributed by atoms with Crippen LogP contribution < -0.4 is 21.5 Å². The molecule has 0 saturated carbocycles. The summed E-state index contributed by atoms with van der Waals surface area (Å²) in [5.74, 6) is -1.87. The molecule has 0 aromatic heterocycles. The van der Waals surface area contributed by atoms with Crippen LogP contribution in [0.2, 0.25) is 0 Å². The minimum atomic E-state index is -1.56. The van der Waals surface area contributed by atoms with Crippen LogP contribution in [0.4, 0.5) is 0 Å². The summed E-state index contributed by atoms with van der Waals surface area (Å²) in [5, 5.41) is 15.0. The highest BCUT2D eigenvalue weighted by atomic mass is 79.9. The maximum Gasteiger partial charge on any atom is 0.249 e. The number of hydrogen-bond donors (Lipinski definition) is 4. The number of carbonyl (C=O) groups excluding carboxylic acids is 3. The highest BCUT2D eigenvalue weighted by Crippen LogP contribution is 2.44. The van der Waals surface area contributed by atoms with E-state index in [0.29, 0.717) is 19.6 Å². The number of nitrogens with one attached hydrogen (secondary N) is 1. The number of nitrogens with zero attached hydrogens (tertiary/aromatic N) is 1. The maximum absolute atomic E-state index is 13.8. The molecule has 0 fully saturated rings. The number of ether oxygens (including phenoxy) is 1. The predicted octanol–water partition coefficient (Wildman–Crippen LogP) is 3.63. The summed E-state index contributed by atoms with van der Waals surface area (Å²) in [6.07, 6.45) is 3.54. The lowest BCUT2D eigenvalue weighted by molar-refractivity contribution is -0.132. The van der Waals surface area contributed by atoms with E-state index in [0.717, 1.165) is 34.2 Å². The zero-order chi connectivity index (χ0) is 31.6. The van der Waals surface area contributed by atoms with E-state index in [1.807, 2.05) is 62.4 Å². The van der Waals surface area contributed by atoms with Crippen LogP contribution in [0.25, 0.3) is 0 Å². The SMILES string of the molecule is CCCN(CCC)C(=O)C1=CC(C(N)=O)=CC(C(N)=O)([C@H](Cc2cccc(Br)c2)[C@@H](O)CNCc2cccc(OC)c2)C1. The number of amides is 3. The highest BCUT2D eigenvalue weighted by Gasteiger charge is 2.49. The third kappa shape index (κ3) is 8.78. The third-order valence-electron chi connectivity index (χ3n) is 7.81. The molecule has 2 aromatic rings. The first-order chi connectivity index (χ1) is 20.5. The number of primary amides is 2. The minimum Gasteiger partial charge on any atom is -0.497 e. The molecule has 1 unspecified atom stereocenters. The van der Waals surface area contributed by atoms with Gasteiger partial charge in [0.25, 0.3) is 0 Å². The number of aliphatic hydroxyl groups is 1. The molecule has 1 aliphatic carbocycles. The van der Waals surface area contributed by atoms with Crippen molar-refractivity contribution in [3.8, 4) is 5.75 Å². The van der Waals surface area contributed by atoms with Crippen LogP contribution in [-0.4, -0.2) is 60.6 Å². The van der Waals surface area contributed by atoms with Gasteiger partial charge in [-0.15, -0.1) is 0 Å². The van der Waals surface area contributed by atoms with Crippen LogP contribution in [0.3, 0.4) is 0 Å². The average Bonchev–Trinajstić information content (AvgIpc) is 2.99. The van der Waals surface area contributed by atoms with Crippen molar-refractivity contribution in [1.29, 1.82) is 0 Å². The number of rotatable bonds is 16. The first kappa shape index (κ1) is 34.0. The van der Waals surface area contributed by atoms with Crippen molar-refractivity contribution in [3.05, 3.63) is 87.4 Å². The van der Waals surface area contributed by atoms with E-state index in [2.05, 4.69) is 21.2 Å². The van der Waals surface area contributed by atoms with Crippen molar-refractivity contribution in [1.82, 2.24) is 10.2 Å². The number of carbonyl (C=O) groups is 3. The fraction of sp³-hybridized carbons (Fsp3) is 0.424. The van der Waals surface area contributed by atoms with E-state index < -0.39 is 29.3 Å². The second-order valence-corrected chi connectivity index (χ2v) is 11.9. The Morgan fingerprint density at radius 3 is 2.35 bits per heavy atom. The van der Waals surface area contributed by atoms with Gasteiger partial charge in [0, 0.05) is 47.7 Å². The molecular formula is C33H43BrN4O5. The largest absolute Gasteiger partial charge is 0.497 e. The molecule has 9 nitrogen and oxygen atoms in total. The van der Waals surface area contributed by atoms with Crippen molar-refractivity contribution in [2.45, 2.75) is 52.2 Å². The number of hydrogen-bond acceptors (Lipinski definition) is 6. The molecule has 0 bridgehead atoms. The van der Waals surface area contributed by atoms with Crippen LogP contribution in [0.15, 0.2) is 76.3 Å². The minimum absolute atomic E-state index is 0.0251. The zero-order valence-corrected chi connectivity index (χ0v) is 26.7. The van der Waals surface area contributed by atoms with Gasteiger partial charge in [0.05, 0.1) is 18.6 Å². The Labute approximate surface area is 262 Å². The zero-order valence-electron chi connectivity index (χ0n) is 25.1. The molecule has 0 saturated heterocycles. The number of nitrogens with two attached hydrogens (primary N) is 2. The van der Waals surface area contributed by atoms with Gasteiger partial charge in [-0.2, -0.15) is 0 Å². The maximum atomic E-state index is 13.8. The molecule has 3 atom stereocenters. The topological polar surface area (TPSA) is 148 Å². The van der Waals surface area contributed by atoms with Gasteiger partial charge in [-0.3, -0.25) is 14.4 Å². The Kier molecular flexibility index (Phi) is 12.5. The molecule has 43 heavy (non-hydrogen) atoms. The summed E-state index contributed by atoms with van der Waals surface area (Å²) in [4.78, 5) is 41.6. The summed E-state index contributed by atoms with van der Waals surface area (Å²) >= 11 is 3.50. The third-order valence-corrected chi connectivity index (χ3v) is 8.30. The lowest BCUT2D eigenvalue weighted by Crippen LogP contribution is -2.52. The number of benzene rings is 2. The van der Waals surface area contributed by atoms with Gasteiger partial charge >= 0.3 is 0 Å². The Bertz CT molecular complexity index is 1350. The van der Waals surface area contributed by atoms with E-state index in [1.54, 1.807) is 12.0 Å². The van der Waals surface area contributed by atoms with Gasteiger partial charge in [-0.25, -0.2) is 0 Å². The lowest BCUT2D eigenvalue weighted by Gasteiger charge is -2.42. The highest BCUT2D eigenvalue weighted by molar-refractivity contribution is 9.10. The van der Waals surface area contributed by atoms with E-state index in [1.165, 1.54) is 12.2 Å². The molecular weight excluding hydrogens is 612 g/mol. The van der Waals surface area contributed by atoms with Gasteiger partial charge in [-0.05, 0) is 67.2 Å². The van der Waals surface area contributed by atoms with E-state index in [9.17, 15) is 19.5 Å². The molecule has 0 radical (unpaired) electrons. The van der Waals surface area contributed by atoms with Gasteiger partial charge in [0.15, 0.2) is 0 Å². The summed E-state index contributed by atoms with van der Waals surface area (Å²) in [6.45, 7) is 5.59. The Hall–Kier alpha value is -3.47. The normalized spacial score (nSPS) is 17.8. The van der Waals surface area contributed by atoms with Crippen LogP contribution in [0.5, 0.6) is 5.75 Å². The molecule has 1 aliphatic rings. The number of aliphatic hydroxyl groups excluding tert-OH is 1. The standard InChI is InChI=1S/C33H43BrN4O5/c1-4-12-38(13-5-2)31(41)25-17-24(30(35)40)18-33(19-25,32(36)42)28(16-22-8-6-10-26(34)14-22)29(39)21-37-20-23-9-7-11-27(15-23)43-3/h6-11,14-15,17-18,28-29,37,39H,4-5,12-13,16,19-21H2,1-3H3,(H2,35,40)(H2,36,42)/t28-,29+,33?/m1/s1. The van der Waals surface area contributed by atoms with Crippen LogP contribution in [0, 0.1) is 11.3 Å². The quantitative estimate of drug-likeness (QED) is 0.217. The van der Waals surface area contributed by atoms with Gasteiger partial charge in [-0.1, -0.05) is 60.1 Å². The Balaban J connectivity index is 2.03. The van der Waals surface area contributed by atoms with Crippen LogP contribution in [-0.2, 0) is 27.3 Å².